The first kappa shape index (κ1) is 20.4. The minimum atomic E-state index is -0.331. The maximum absolute atomic E-state index is 12.5. The van der Waals surface area contributed by atoms with E-state index in [1.165, 1.54) is 25.0 Å². The van der Waals surface area contributed by atoms with Crippen LogP contribution in [0.15, 0.2) is 59.4 Å². The van der Waals surface area contributed by atoms with E-state index in [-0.39, 0.29) is 24.6 Å². The van der Waals surface area contributed by atoms with Crippen LogP contribution in [0.5, 0.6) is 11.5 Å². The maximum Gasteiger partial charge on any atom is 0.266 e. The Hall–Kier alpha value is -3.32. The van der Waals surface area contributed by atoms with Crippen LogP contribution in [0.25, 0.3) is 11.3 Å². The topological polar surface area (TPSA) is 82.5 Å². The number of carbonyl (C=O) groups is 1. The fourth-order valence-corrected chi connectivity index (χ4v) is 2.95. The monoisotopic (exact) mass is 413 g/mol. The molecule has 3 aromatic rings. The summed E-state index contributed by atoms with van der Waals surface area (Å²) in [7, 11) is 2.98. The van der Waals surface area contributed by atoms with Gasteiger partial charge in [-0.1, -0.05) is 29.8 Å². The highest BCUT2D eigenvalue weighted by Gasteiger charge is 2.16. The largest absolute Gasteiger partial charge is 0.493 e. The average Bonchev–Trinajstić information content (AvgIpc) is 2.74. The molecule has 0 atom stereocenters. The Kier molecular flexibility index (Phi) is 6.51. The van der Waals surface area contributed by atoms with Crippen molar-refractivity contribution in [3.63, 3.8) is 0 Å². The maximum atomic E-state index is 12.5. The molecule has 1 aromatic heterocycles. The molecule has 0 aliphatic carbocycles. The smallest absolute Gasteiger partial charge is 0.266 e. The summed E-state index contributed by atoms with van der Waals surface area (Å²) >= 11 is 5.91. The lowest BCUT2D eigenvalue weighted by atomic mass is 10.1. The van der Waals surface area contributed by atoms with Gasteiger partial charge >= 0.3 is 0 Å². The number of amides is 1. The van der Waals surface area contributed by atoms with Gasteiger partial charge in [-0.25, -0.2) is 4.68 Å². The number of nitrogens with zero attached hydrogens (tertiary/aromatic N) is 2. The first-order valence-electron chi connectivity index (χ1n) is 8.87. The summed E-state index contributed by atoms with van der Waals surface area (Å²) in [6, 6.07) is 15.3. The molecule has 2 aromatic carbocycles. The Morgan fingerprint density at radius 3 is 2.52 bits per heavy atom. The van der Waals surface area contributed by atoms with Gasteiger partial charge in [-0.3, -0.25) is 9.59 Å². The summed E-state index contributed by atoms with van der Waals surface area (Å²) in [5.41, 5.74) is 1.58. The number of halogens is 1. The van der Waals surface area contributed by atoms with Gasteiger partial charge in [0.25, 0.3) is 11.5 Å². The molecule has 0 aliphatic heterocycles. The number of rotatable bonds is 7. The molecule has 0 saturated heterocycles. The first-order valence-corrected chi connectivity index (χ1v) is 9.24. The van der Waals surface area contributed by atoms with E-state index in [0.717, 1.165) is 5.56 Å². The zero-order chi connectivity index (χ0) is 20.8. The third kappa shape index (κ3) is 4.75. The van der Waals surface area contributed by atoms with Crippen molar-refractivity contribution in [2.75, 3.05) is 20.8 Å². The van der Waals surface area contributed by atoms with Crippen molar-refractivity contribution >= 4 is 17.5 Å². The molecule has 1 heterocycles. The van der Waals surface area contributed by atoms with Crippen LogP contribution in [0.3, 0.4) is 0 Å². The molecule has 29 heavy (non-hydrogen) atoms. The fourth-order valence-electron chi connectivity index (χ4n) is 2.82. The van der Waals surface area contributed by atoms with Gasteiger partial charge in [-0.15, -0.1) is 0 Å². The van der Waals surface area contributed by atoms with E-state index in [4.69, 9.17) is 21.1 Å². The molecule has 0 aliphatic rings. The summed E-state index contributed by atoms with van der Waals surface area (Å²) in [5.74, 6) is 0.490. The van der Waals surface area contributed by atoms with Crippen LogP contribution in [0.4, 0.5) is 0 Å². The SMILES string of the molecule is COc1cccc(C(=O)NCCn2nc(-c3ccc(Cl)cc3)ccc2=O)c1OC. The minimum absolute atomic E-state index is 0.218. The van der Waals surface area contributed by atoms with Gasteiger partial charge in [0.2, 0.25) is 0 Å². The molecule has 0 unspecified atom stereocenters. The summed E-state index contributed by atoms with van der Waals surface area (Å²) in [6.45, 7) is 0.439. The van der Waals surface area contributed by atoms with E-state index in [0.29, 0.717) is 27.8 Å². The molecule has 0 radical (unpaired) electrons. The van der Waals surface area contributed by atoms with Gasteiger partial charge in [0.15, 0.2) is 11.5 Å². The molecule has 0 saturated carbocycles. The van der Waals surface area contributed by atoms with Crippen LogP contribution < -0.4 is 20.3 Å². The van der Waals surface area contributed by atoms with Gasteiger partial charge < -0.3 is 14.8 Å². The van der Waals surface area contributed by atoms with Crippen molar-refractivity contribution in [3.8, 4) is 22.8 Å². The van der Waals surface area contributed by atoms with Crippen molar-refractivity contribution < 1.29 is 14.3 Å². The second kappa shape index (κ2) is 9.25. The number of carbonyl (C=O) groups excluding carboxylic acids is 1. The summed E-state index contributed by atoms with van der Waals surface area (Å²) in [6.07, 6.45) is 0. The number of aromatic nitrogens is 2. The normalized spacial score (nSPS) is 10.4. The summed E-state index contributed by atoms with van der Waals surface area (Å²) in [4.78, 5) is 24.6. The van der Waals surface area contributed by atoms with Crippen LogP contribution in [-0.2, 0) is 6.54 Å². The molecule has 0 fully saturated rings. The highest BCUT2D eigenvalue weighted by Crippen LogP contribution is 2.30. The van der Waals surface area contributed by atoms with Crippen molar-refractivity contribution in [2.45, 2.75) is 6.54 Å². The Bertz CT molecular complexity index is 1060. The Labute approximate surface area is 172 Å². The van der Waals surface area contributed by atoms with Crippen LogP contribution >= 0.6 is 11.6 Å². The molecule has 0 spiro atoms. The first-order chi connectivity index (χ1) is 14.0. The number of hydrogen-bond donors (Lipinski definition) is 1. The summed E-state index contributed by atoms with van der Waals surface area (Å²) < 4.78 is 11.8. The molecule has 3 rings (SSSR count). The molecule has 1 N–H and O–H groups in total. The molecule has 7 nitrogen and oxygen atoms in total. The van der Waals surface area contributed by atoms with Crippen LogP contribution in [0.2, 0.25) is 5.02 Å². The lowest BCUT2D eigenvalue weighted by Gasteiger charge is -2.13. The third-order valence-electron chi connectivity index (χ3n) is 4.26. The Morgan fingerprint density at radius 2 is 1.83 bits per heavy atom. The predicted molar refractivity (Wildman–Crippen MR) is 111 cm³/mol. The van der Waals surface area contributed by atoms with E-state index in [2.05, 4.69) is 10.4 Å². The molecule has 150 valence electrons. The average molecular weight is 414 g/mol. The Balaban J connectivity index is 1.71. The van der Waals surface area contributed by atoms with Gasteiger partial charge in [0, 0.05) is 23.2 Å². The van der Waals surface area contributed by atoms with Gasteiger partial charge in [-0.2, -0.15) is 5.10 Å². The third-order valence-corrected chi connectivity index (χ3v) is 4.52. The van der Waals surface area contributed by atoms with Gasteiger partial charge in [-0.05, 0) is 30.3 Å². The number of methoxy groups -OCH3 is 2. The lowest BCUT2D eigenvalue weighted by Crippen LogP contribution is -2.32. The van der Waals surface area contributed by atoms with E-state index >= 15 is 0 Å². The second-order valence-corrected chi connectivity index (χ2v) is 6.52. The highest BCUT2D eigenvalue weighted by atomic mass is 35.5. The second-order valence-electron chi connectivity index (χ2n) is 6.08. The minimum Gasteiger partial charge on any atom is -0.493 e. The van der Waals surface area contributed by atoms with Crippen LogP contribution in [0, 0.1) is 0 Å². The van der Waals surface area contributed by atoms with Gasteiger partial charge in [0.05, 0.1) is 32.0 Å². The number of ether oxygens (including phenoxy) is 2. The zero-order valence-corrected chi connectivity index (χ0v) is 16.8. The highest BCUT2D eigenvalue weighted by molar-refractivity contribution is 6.30. The van der Waals surface area contributed by atoms with Crippen molar-refractivity contribution in [3.05, 3.63) is 75.5 Å². The van der Waals surface area contributed by atoms with E-state index in [1.54, 1.807) is 36.4 Å². The molecular weight excluding hydrogens is 394 g/mol. The van der Waals surface area contributed by atoms with E-state index in [9.17, 15) is 9.59 Å². The molecular formula is C21H20ClN3O4. The lowest BCUT2D eigenvalue weighted by molar-refractivity contribution is 0.0948. The van der Waals surface area contributed by atoms with E-state index < -0.39 is 0 Å². The Morgan fingerprint density at radius 1 is 1.07 bits per heavy atom. The fraction of sp³-hybridized carbons (Fsp3) is 0.190. The number of hydrogen-bond acceptors (Lipinski definition) is 5. The zero-order valence-electron chi connectivity index (χ0n) is 16.0. The predicted octanol–water partition coefficient (Wildman–Crippen LogP) is 3.01. The number of benzene rings is 2. The van der Waals surface area contributed by atoms with Crippen molar-refractivity contribution in [1.29, 1.82) is 0 Å². The molecule has 8 heteroatoms. The molecule has 1 amide bonds. The molecule has 0 bridgehead atoms. The number of nitrogens with one attached hydrogen (secondary N) is 1. The van der Waals surface area contributed by atoms with Crippen molar-refractivity contribution in [2.24, 2.45) is 0 Å². The quantitative estimate of drug-likeness (QED) is 0.643. The summed E-state index contributed by atoms with van der Waals surface area (Å²) in [5, 5.41) is 7.77. The van der Waals surface area contributed by atoms with Crippen molar-refractivity contribution in [1.82, 2.24) is 15.1 Å². The van der Waals surface area contributed by atoms with Crippen LogP contribution in [-0.4, -0.2) is 36.5 Å². The van der Waals surface area contributed by atoms with Gasteiger partial charge in [0.1, 0.15) is 0 Å². The standard InChI is InChI=1S/C21H20ClN3O4/c1-28-18-5-3-4-16(20(18)29-2)21(27)23-12-13-25-19(26)11-10-17(24-25)14-6-8-15(22)9-7-14/h3-11H,12-13H2,1-2H3,(H,23,27). The van der Waals surface area contributed by atoms with E-state index in [1.807, 2.05) is 12.1 Å². The number of para-hydroxylation sites is 1. The van der Waals surface area contributed by atoms with Crippen LogP contribution in [0.1, 0.15) is 10.4 Å².